The topological polar surface area (TPSA) is 38.5 Å². The van der Waals surface area contributed by atoms with E-state index in [2.05, 4.69) is 18.7 Å². The quantitative estimate of drug-likeness (QED) is 0.819. The summed E-state index contributed by atoms with van der Waals surface area (Å²) in [7, 11) is 0. The summed E-state index contributed by atoms with van der Waals surface area (Å²) in [6, 6.07) is 0.341. The van der Waals surface area contributed by atoms with Crippen molar-refractivity contribution >= 4 is 0 Å². The lowest BCUT2D eigenvalue weighted by Gasteiger charge is -2.49. The fraction of sp³-hybridized carbons (Fsp3) is 1.00. The third kappa shape index (κ3) is 2.59. The number of nitrogens with zero attached hydrogens (tertiary/aromatic N) is 1. The van der Waals surface area contributed by atoms with E-state index in [0.717, 1.165) is 26.3 Å². The lowest BCUT2D eigenvalue weighted by atomic mass is 9.77. The van der Waals surface area contributed by atoms with Crippen LogP contribution in [-0.4, -0.2) is 42.8 Å². The first-order valence-corrected chi connectivity index (χ1v) is 7.83. The maximum atomic E-state index is 6.73. The van der Waals surface area contributed by atoms with Crippen molar-refractivity contribution in [2.75, 3.05) is 26.3 Å². The fourth-order valence-electron chi connectivity index (χ4n) is 4.09. The molecule has 2 N–H and O–H groups in total. The van der Waals surface area contributed by atoms with Gasteiger partial charge in [-0.2, -0.15) is 0 Å². The van der Waals surface area contributed by atoms with Gasteiger partial charge in [-0.25, -0.2) is 0 Å². The monoisotopic (exact) mass is 254 g/mol. The van der Waals surface area contributed by atoms with Crippen LogP contribution in [0.25, 0.3) is 0 Å². The van der Waals surface area contributed by atoms with Crippen molar-refractivity contribution in [2.24, 2.45) is 11.7 Å². The predicted octanol–water partition coefficient (Wildman–Crippen LogP) is 2.39. The van der Waals surface area contributed by atoms with E-state index in [1.165, 1.54) is 38.5 Å². The summed E-state index contributed by atoms with van der Waals surface area (Å²) in [6.45, 7) is 8.50. The van der Waals surface area contributed by atoms with Gasteiger partial charge in [-0.3, -0.25) is 4.90 Å². The van der Waals surface area contributed by atoms with E-state index in [1.807, 2.05) is 0 Å². The molecule has 0 spiro atoms. The molecular formula is C15H30N2O. The molecule has 1 aliphatic carbocycles. The highest BCUT2D eigenvalue weighted by Crippen LogP contribution is 2.41. The Bertz CT molecular complexity index is 241. The van der Waals surface area contributed by atoms with Crippen molar-refractivity contribution in [3.05, 3.63) is 0 Å². The Hall–Kier alpha value is -0.120. The molecule has 0 amide bonds. The highest BCUT2D eigenvalue weighted by atomic mass is 16.5. The zero-order valence-electron chi connectivity index (χ0n) is 12.2. The molecule has 1 unspecified atom stereocenters. The van der Waals surface area contributed by atoms with Crippen LogP contribution in [0.1, 0.15) is 52.4 Å². The number of nitrogens with two attached hydrogens (primary N) is 1. The van der Waals surface area contributed by atoms with E-state index in [-0.39, 0.29) is 5.54 Å². The second-order valence-electron chi connectivity index (χ2n) is 6.01. The molecular weight excluding hydrogens is 224 g/mol. The largest absolute Gasteiger partial charge is 0.379 e. The molecule has 0 aromatic carbocycles. The maximum Gasteiger partial charge on any atom is 0.0594 e. The summed E-state index contributed by atoms with van der Waals surface area (Å²) in [6.07, 6.45) is 7.72. The summed E-state index contributed by atoms with van der Waals surface area (Å²) < 4.78 is 5.51. The van der Waals surface area contributed by atoms with Crippen LogP contribution in [0.4, 0.5) is 0 Å². The van der Waals surface area contributed by atoms with Gasteiger partial charge in [-0.15, -0.1) is 0 Å². The van der Waals surface area contributed by atoms with E-state index < -0.39 is 0 Å². The van der Waals surface area contributed by atoms with Gasteiger partial charge in [0.05, 0.1) is 13.2 Å². The predicted molar refractivity (Wildman–Crippen MR) is 75.6 cm³/mol. The normalized spacial score (nSPS) is 26.7. The molecule has 0 aromatic heterocycles. The molecule has 0 radical (unpaired) electrons. The van der Waals surface area contributed by atoms with Crippen molar-refractivity contribution in [1.82, 2.24) is 4.90 Å². The zero-order chi connectivity index (χ0) is 13.0. The molecule has 1 aliphatic heterocycles. The maximum absolute atomic E-state index is 6.73. The van der Waals surface area contributed by atoms with E-state index in [0.29, 0.717) is 12.0 Å². The molecule has 3 nitrogen and oxygen atoms in total. The van der Waals surface area contributed by atoms with E-state index in [9.17, 15) is 0 Å². The molecule has 0 aromatic rings. The number of hydrogen-bond donors (Lipinski definition) is 1. The van der Waals surface area contributed by atoms with Gasteiger partial charge in [0.2, 0.25) is 0 Å². The molecule has 0 bridgehead atoms. The Labute approximate surface area is 112 Å². The van der Waals surface area contributed by atoms with Crippen LogP contribution in [0, 0.1) is 5.92 Å². The van der Waals surface area contributed by atoms with Crippen LogP contribution in [-0.2, 0) is 4.74 Å². The van der Waals surface area contributed by atoms with Crippen LogP contribution in [0.5, 0.6) is 0 Å². The molecule has 3 heteroatoms. The molecule has 1 atom stereocenters. The summed E-state index contributed by atoms with van der Waals surface area (Å²) in [5.41, 5.74) is 7.01. The van der Waals surface area contributed by atoms with Gasteiger partial charge in [0, 0.05) is 24.7 Å². The summed E-state index contributed by atoms with van der Waals surface area (Å²) in [5, 5.41) is 0. The van der Waals surface area contributed by atoms with E-state index in [4.69, 9.17) is 10.5 Å². The number of hydrogen-bond acceptors (Lipinski definition) is 3. The van der Waals surface area contributed by atoms with Gasteiger partial charge in [-0.1, -0.05) is 39.5 Å². The lowest BCUT2D eigenvalue weighted by molar-refractivity contribution is -0.0388. The number of morpholine rings is 1. The summed E-state index contributed by atoms with van der Waals surface area (Å²) in [5.74, 6) is 0.672. The van der Waals surface area contributed by atoms with E-state index in [1.54, 1.807) is 0 Å². The van der Waals surface area contributed by atoms with Crippen molar-refractivity contribution < 1.29 is 4.74 Å². The van der Waals surface area contributed by atoms with Crippen molar-refractivity contribution in [3.63, 3.8) is 0 Å². The highest BCUT2D eigenvalue weighted by Gasteiger charge is 2.46. The van der Waals surface area contributed by atoms with Gasteiger partial charge in [0.25, 0.3) is 0 Å². The van der Waals surface area contributed by atoms with Crippen LogP contribution in [0.3, 0.4) is 0 Å². The van der Waals surface area contributed by atoms with Crippen LogP contribution in [0.15, 0.2) is 0 Å². The first-order chi connectivity index (χ1) is 8.74. The highest BCUT2D eigenvalue weighted by molar-refractivity contribution is 5.04. The number of ether oxygens (including phenoxy) is 1. The van der Waals surface area contributed by atoms with Crippen LogP contribution < -0.4 is 5.73 Å². The van der Waals surface area contributed by atoms with Gasteiger partial charge in [-0.05, 0) is 18.8 Å². The SMILES string of the molecule is CCC(CC)C(N)C1(N2CCOCC2)CCCC1. The minimum Gasteiger partial charge on any atom is -0.379 e. The third-order valence-corrected chi connectivity index (χ3v) is 5.29. The molecule has 1 saturated carbocycles. The molecule has 2 aliphatic rings. The van der Waals surface area contributed by atoms with Gasteiger partial charge in [0.1, 0.15) is 0 Å². The molecule has 1 heterocycles. The number of rotatable bonds is 5. The molecule has 2 fully saturated rings. The Balaban J connectivity index is 2.14. The Morgan fingerprint density at radius 3 is 2.17 bits per heavy atom. The standard InChI is InChI=1S/C15H30N2O/c1-3-13(4-2)14(16)15(7-5-6-8-15)17-9-11-18-12-10-17/h13-14H,3-12,16H2,1-2H3. The summed E-state index contributed by atoms with van der Waals surface area (Å²) >= 11 is 0. The fourth-order valence-corrected chi connectivity index (χ4v) is 4.09. The first kappa shape index (κ1) is 14.3. The van der Waals surface area contributed by atoms with Crippen LogP contribution in [0.2, 0.25) is 0 Å². The Kier molecular flexibility index (Phi) is 5.05. The minimum atomic E-state index is 0.278. The average Bonchev–Trinajstić information content (AvgIpc) is 2.91. The summed E-state index contributed by atoms with van der Waals surface area (Å²) in [4.78, 5) is 2.66. The Morgan fingerprint density at radius 2 is 1.67 bits per heavy atom. The van der Waals surface area contributed by atoms with Crippen molar-refractivity contribution in [2.45, 2.75) is 64.0 Å². The first-order valence-electron chi connectivity index (χ1n) is 7.83. The van der Waals surface area contributed by atoms with Crippen LogP contribution >= 0.6 is 0 Å². The molecule has 1 saturated heterocycles. The lowest BCUT2D eigenvalue weighted by Crippen LogP contribution is -2.63. The second kappa shape index (κ2) is 6.36. The van der Waals surface area contributed by atoms with E-state index >= 15 is 0 Å². The van der Waals surface area contributed by atoms with Gasteiger partial charge in [0.15, 0.2) is 0 Å². The van der Waals surface area contributed by atoms with Gasteiger partial charge >= 0.3 is 0 Å². The van der Waals surface area contributed by atoms with Gasteiger partial charge < -0.3 is 10.5 Å². The minimum absolute atomic E-state index is 0.278. The zero-order valence-corrected chi connectivity index (χ0v) is 12.2. The molecule has 106 valence electrons. The Morgan fingerprint density at radius 1 is 1.11 bits per heavy atom. The van der Waals surface area contributed by atoms with Crippen molar-refractivity contribution in [3.8, 4) is 0 Å². The second-order valence-corrected chi connectivity index (χ2v) is 6.01. The average molecular weight is 254 g/mol. The molecule has 18 heavy (non-hydrogen) atoms. The third-order valence-electron chi connectivity index (χ3n) is 5.29. The van der Waals surface area contributed by atoms with Crippen molar-refractivity contribution in [1.29, 1.82) is 0 Å². The molecule has 2 rings (SSSR count). The smallest absolute Gasteiger partial charge is 0.0594 e.